The number of hydrogen-bond donors (Lipinski definition) is 2. The third-order valence-electron chi connectivity index (χ3n) is 3.98. The lowest BCUT2D eigenvalue weighted by molar-refractivity contribution is -0.142. The zero-order chi connectivity index (χ0) is 13.0. The van der Waals surface area contributed by atoms with E-state index in [-0.39, 0.29) is 30.0 Å². The number of aliphatic hydroxyl groups excluding tert-OH is 1. The van der Waals surface area contributed by atoms with E-state index in [0.717, 1.165) is 6.42 Å². The fourth-order valence-corrected chi connectivity index (χ4v) is 3.09. The Kier molecular flexibility index (Phi) is 5.12. The molecule has 1 aliphatic rings. The molecule has 0 spiro atoms. The van der Waals surface area contributed by atoms with Crippen molar-refractivity contribution < 1.29 is 19.8 Å². The SMILES string of the molecule is CCC(=O)C1CCC(O)C(CC)C1CC(=O)O. The Hall–Kier alpha value is -0.900. The number of rotatable bonds is 5. The van der Waals surface area contributed by atoms with Gasteiger partial charge in [0.25, 0.3) is 0 Å². The number of carboxylic acids is 1. The fourth-order valence-electron chi connectivity index (χ4n) is 3.09. The average Bonchev–Trinajstić information content (AvgIpc) is 2.28. The molecule has 0 aliphatic heterocycles. The summed E-state index contributed by atoms with van der Waals surface area (Å²) in [5.74, 6) is -1.17. The summed E-state index contributed by atoms with van der Waals surface area (Å²) in [6.45, 7) is 3.76. The topological polar surface area (TPSA) is 74.6 Å². The van der Waals surface area contributed by atoms with Gasteiger partial charge in [0.1, 0.15) is 5.78 Å². The molecule has 17 heavy (non-hydrogen) atoms. The molecule has 0 heterocycles. The average molecular weight is 242 g/mol. The molecular formula is C13H22O4. The number of Topliss-reactive ketones (excluding diaryl/α,β-unsaturated/α-hetero) is 1. The minimum atomic E-state index is -0.878. The number of ketones is 1. The molecule has 98 valence electrons. The fraction of sp³-hybridized carbons (Fsp3) is 0.846. The Morgan fingerprint density at radius 3 is 2.29 bits per heavy atom. The lowest BCUT2D eigenvalue weighted by Crippen LogP contribution is -2.41. The highest BCUT2D eigenvalue weighted by Gasteiger charge is 2.41. The summed E-state index contributed by atoms with van der Waals surface area (Å²) in [6, 6.07) is 0. The van der Waals surface area contributed by atoms with Gasteiger partial charge < -0.3 is 10.2 Å². The smallest absolute Gasteiger partial charge is 0.303 e. The predicted octanol–water partition coefficient (Wildman–Crippen LogP) is 1.85. The van der Waals surface area contributed by atoms with Gasteiger partial charge in [-0.25, -0.2) is 0 Å². The van der Waals surface area contributed by atoms with E-state index < -0.39 is 12.1 Å². The zero-order valence-corrected chi connectivity index (χ0v) is 10.6. The van der Waals surface area contributed by atoms with Crippen molar-refractivity contribution >= 4 is 11.8 Å². The molecule has 1 fully saturated rings. The Labute approximate surface area is 102 Å². The van der Waals surface area contributed by atoms with Crippen LogP contribution >= 0.6 is 0 Å². The van der Waals surface area contributed by atoms with Crippen LogP contribution in [-0.2, 0) is 9.59 Å². The number of carboxylic acid groups (broad SMARTS) is 1. The molecule has 4 unspecified atom stereocenters. The van der Waals surface area contributed by atoms with Crippen LogP contribution in [0.2, 0.25) is 0 Å². The minimum Gasteiger partial charge on any atom is -0.481 e. The third kappa shape index (κ3) is 3.28. The molecule has 0 aromatic heterocycles. The summed E-state index contributed by atoms with van der Waals surface area (Å²) in [7, 11) is 0. The van der Waals surface area contributed by atoms with Crippen molar-refractivity contribution in [2.75, 3.05) is 0 Å². The second-order valence-corrected chi connectivity index (χ2v) is 4.90. The van der Waals surface area contributed by atoms with Crippen LogP contribution in [0.5, 0.6) is 0 Å². The van der Waals surface area contributed by atoms with Crippen LogP contribution in [0.25, 0.3) is 0 Å². The molecule has 4 atom stereocenters. The van der Waals surface area contributed by atoms with Gasteiger partial charge >= 0.3 is 5.97 Å². The molecule has 1 aliphatic carbocycles. The van der Waals surface area contributed by atoms with E-state index in [2.05, 4.69) is 0 Å². The van der Waals surface area contributed by atoms with Crippen LogP contribution in [0.15, 0.2) is 0 Å². The van der Waals surface area contributed by atoms with Gasteiger partial charge in [-0.15, -0.1) is 0 Å². The highest BCUT2D eigenvalue weighted by atomic mass is 16.4. The third-order valence-corrected chi connectivity index (χ3v) is 3.98. The predicted molar refractivity (Wildman–Crippen MR) is 63.6 cm³/mol. The molecule has 4 heteroatoms. The first-order valence-corrected chi connectivity index (χ1v) is 6.43. The Balaban J connectivity index is 2.88. The van der Waals surface area contributed by atoms with Gasteiger partial charge in [0.15, 0.2) is 0 Å². The van der Waals surface area contributed by atoms with E-state index in [4.69, 9.17) is 5.11 Å². The van der Waals surface area contributed by atoms with E-state index in [9.17, 15) is 14.7 Å². The van der Waals surface area contributed by atoms with E-state index in [1.54, 1.807) is 0 Å². The van der Waals surface area contributed by atoms with Crippen molar-refractivity contribution in [1.29, 1.82) is 0 Å². The van der Waals surface area contributed by atoms with Gasteiger partial charge in [0.2, 0.25) is 0 Å². The number of hydrogen-bond acceptors (Lipinski definition) is 3. The highest BCUT2D eigenvalue weighted by molar-refractivity contribution is 5.82. The molecule has 0 radical (unpaired) electrons. The lowest BCUT2D eigenvalue weighted by Gasteiger charge is -2.39. The van der Waals surface area contributed by atoms with Crippen molar-refractivity contribution in [3.05, 3.63) is 0 Å². The maximum atomic E-state index is 11.9. The molecule has 2 N–H and O–H groups in total. The molecule has 4 nitrogen and oxygen atoms in total. The number of aliphatic hydroxyl groups is 1. The molecule has 0 aromatic rings. The summed E-state index contributed by atoms with van der Waals surface area (Å²) >= 11 is 0. The molecule has 0 amide bonds. The van der Waals surface area contributed by atoms with Gasteiger partial charge in [-0.2, -0.15) is 0 Å². The summed E-state index contributed by atoms with van der Waals surface area (Å²) in [5.41, 5.74) is 0. The van der Waals surface area contributed by atoms with Crippen LogP contribution in [0, 0.1) is 17.8 Å². The normalized spacial score (nSPS) is 33.4. The van der Waals surface area contributed by atoms with Crippen molar-refractivity contribution in [2.24, 2.45) is 17.8 Å². The van der Waals surface area contributed by atoms with Crippen molar-refractivity contribution in [3.63, 3.8) is 0 Å². The van der Waals surface area contributed by atoms with Gasteiger partial charge in [-0.1, -0.05) is 20.3 Å². The van der Waals surface area contributed by atoms with Crippen LogP contribution in [0.4, 0.5) is 0 Å². The Morgan fingerprint density at radius 1 is 1.18 bits per heavy atom. The Bertz CT molecular complexity index is 287. The van der Waals surface area contributed by atoms with Gasteiger partial charge in [-0.05, 0) is 24.7 Å². The summed E-state index contributed by atoms with van der Waals surface area (Å²) < 4.78 is 0. The number of carbonyl (C=O) groups excluding carboxylic acids is 1. The van der Waals surface area contributed by atoms with Crippen molar-refractivity contribution in [1.82, 2.24) is 0 Å². The summed E-state index contributed by atoms with van der Waals surface area (Å²) in [5, 5.41) is 18.9. The first-order chi connectivity index (χ1) is 8.01. The quantitative estimate of drug-likeness (QED) is 0.771. The monoisotopic (exact) mass is 242 g/mol. The second-order valence-electron chi connectivity index (χ2n) is 4.90. The standard InChI is InChI=1S/C13H22O4/c1-3-8-10(7-13(16)17)9(11(14)4-2)5-6-12(8)15/h8-10,12,15H,3-7H2,1-2H3,(H,16,17). The summed E-state index contributed by atoms with van der Waals surface area (Å²) in [4.78, 5) is 22.8. The van der Waals surface area contributed by atoms with Crippen LogP contribution in [0.1, 0.15) is 46.0 Å². The van der Waals surface area contributed by atoms with Gasteiger partial charge in [-0.3, -0.25) is 9.59 Å². The van der Waals surface area contributed by atoms with E-state index in [0.29, 0.717) is 19.3 Å². The van der Waals surface area contributed by atoms with Crippen LogP contribution < -0.4 is 0 Å². The Morgan fingerprint density at radius 2 is 1.82 bits per heavy atom. The molecule has 1 rings (SSSR count). The van der Waals surface area contributed by atoms with Gasteiger partial charge in [0, 0.05) is 18.8 Å². The van der Waals surface area contributed by atoms with Crippen molar-refractivity contribution in [2.45, 2.75) is 52.1 Å². The lowest BCUT2D eigenvalue weighted by atomic mass is 9.66. The maximum Gasteiger partial charge on any atom is 0.303 e. The number of aliphatic carboxylic acids is 1. The first kappa shape index (κ1) is 14.2. The van der Waals surface area contributed by atoms with E-state index in [1.807, 2.05) is 13.8 Å². The van der Waals surface area contributed by atoms with Crippen molar-refractivity contribution in [3.8, 4) is 0 Å². The molecule has 0 saturated heterocycles. The molecule has 0 bridgehead atoms. The molecule has 1 saturated carbocycles. The van der Waals surface area contributed by atoms with Crippen LogP contribution in [0.3, 0.4) is 0 Å². The summed E-state index contributed by atoms with van der Waals surface area (Å²) in [6.07, 6.45) is 1.96. The van der Waals surface area contributed by atoms with Crippen LogP contribution in [-0.4, -0.2) is 28.1 Å². The largest absolute Gasteiger partial charge is 0.481 e. The second kappa shape index (κ2) is 6.15. The maximum absolute atomic E-state index is 11.9. The first-order valence-electron chi connectivity index (χ1n) is 6.43. The van der Waals surface area contributed by atoms with E-state index in [1.165, 1.54) is 0 Å². The highest BCUT2D eigenvalue weighted by Crippen LogP contribution is 2.40. The zero-order valence-electron chi connectivity index (χ0n) is 10.6. The van der Waals surface area contributed by atoms with Gasteiger partial charge in [0.05, 0.1) is 6.10 Å². The number of carbonyl (C=O) groups is 2. The minimum absolute atomic E-state index is 0.00796. The molecular weight excluding hydrogens is 220 g/mol. The van der Waals surface area contributed by atoms with E-state index >= 15 is 0 Å². The molecule has 0 aromatic carbocycles.